The van der Waals surface area contributed by atoms with E-state index in [2.05, 4.69) is 15.3 Å². The molecule has 0 saturated carbocycles. The van der Waals surface area contributed by atoms with Gasteiger partial charge in [0.25, 0.3) is 0 Å². The third-order valence-electron chi connectivity index (χ3n) is 5.27. The molecular weight excluding hydrogens is 435 g/mol. The Labute approximate surface area is 186 Å². The number of halogens is 1. The molecule has 0 radical (unpaired) electrons. The van der Waals surface area contributed by atoms with Crippen LogP contribution in [0.3, 0.4) is 0 Å². The Balaban J connectivity index is 1.43. The number of benzene rings is 1. The molecule has 1 aliphatic heterocycles. The van der Waals surface area contributed by atoms with Gasteiger partial charge >= 0.3 is 0 Å². The molecule has 1 aliphatic rings. The van der Waals surface area contributed by atoms with E-state index in [0.717, 1.165) is 17.5 Å². The quantitative estimate of drug-likeness (QED) is 0.557. The third-order valence-corrected chi connectivity index (χ3v) is 7.16. The largest absolute Gasteiger partial charge is 0.491 e. The number of sulfonamides is 1. The lowest BCUT2D eigenvalue weighted by molar-refractivity contribution is 0.321. The molecule has 9 nitrogen and oxygen atoms in total. The monoisotopic (exact) mass is 460 g/mol. The summed E-state index contributed by atoms with van der Waals surface area (Å²) >= 11 is 0. The van der Waals surface area contributed by atoms with Crippen LogP contribution in [0.5, 0.6) is 5.75 Å². The Morgan fingerprint density at radius 1 is 1.00 bits per heavy atom. The lowest BCUT2D eigenvalue weighted by Crippen LogP contribution is -2.49. The van der Waals surface area contributed by atoms with Crippen molar-refractivity contribution in [2.24, 2.45) is 0 Å². The smallest absolute Gasteiger partial charge is 0.243 e. The van der Waals surface area contributed by atoms with E-state index < -0.39 is 15.8 Å². The van der Waals surface area contributed by atoms with Crippen molar-refractivity contribution in [2.75, 3.05) is 37.7 Å². The highest BCUT2D eigenvalue weighted by molar-refractivity contribution is 7.89. The fourth-order valence-electron chi connectivity index (χ4n) is 3.68. The van der Waals surface area contributed by atoms with E-state index in [1.807, 2.05) is 36.9 Å². The van der Waals surface area contributed by atoms with Crippen molar-refractivity contribution >= 4 is 15.8 Å². The van der Waals surface area contributed by atoms with Crippen molar-refractivity contribution in [3.63, 3.8) is 0 Å². The molecule has 4 rings (SSSR count). The first-order valence-corrected chi connectivity index (χ1v) is 11.8. The van der Waals surface area contributed by atoms with Crippen LogP contribution in [0.25, 0.3) is 5.82 Å². The second kappa shape index (κ2) is 8.83. The van der Waals surface area contributed by atoms with Gasteiger partial charge in [0.15, 0.2) is 23.2 Å². The van der Waals surface area contributed by atoms with Crippen molar-refractivity contribution in [1.82, 2.24) is 24.3 Å². The Hall–Kier alpha value is -3.05. The Morgan fingerprint density at radius 3 is 2.25 bits per heavy atom. The molecule has 1 fully saturated rings. The average molecular weight is 461 g/mol. The molecule has 11 heteroatoms. The summed E-state index contributed by atoms with van der Waals surface area (Å²) in [7, 11) is -3.80. The SMILES string of the molecule is CCOc1ccc(S(=O)(=O)N2CCN(c3ccc(-n4nc(C)cc4C)nn3)CC2)cc1F. The zero-order chi connectivity index (χ0) is 22.9. The first kappa shape index (κ1) is 22.2. The summed E-state index contributed by atoms with van der Waals surface area (Å²) in [6.45, 7) is 7.33. The van der Waals surface area contributed by atoms with Gasteiger partial charge in [0.1, 0.15) is 0 Å². The number of piperazine rings is 1. The fourth-order valence-corrected chi connectivity index (χ4v) is 5.12. The van der Waals surface area contributed by atoms with E-state index in [-0.39, 0.29) is 23.7 Å². The summed E-state index contributed by atoms with van der Waals surface area (Å²) in [4.78, 5) is 1.89. The van der Waals surface area contributed by atoms with Gasteiger partial charge in [0.2, 0.25) is 10.0 Å². The van der Waals surface area contributed by atoms with Crippen LogP contribution < -0.4 is 9.64 Å². The first-order chi connectivity index (χ1) is 15.3. The van der Waals surface area contributed by atoms with Crippen LogP contribution in [0, 0.1) is 19.7 Å². The summed E-state index contributed by atoms with van der Waals surface area (Å²) < 4.78 is 48.3. The van der Waals surface area contributed by atoms with Crippen LogP contribution in [0.2, 0.25) is 0 Å². The summed E-state index contributed by atoms with van der Waals surface area (Å²) in [5.74, 6) is 0.640. The van der Waals surface area contributed by atoms with Gasteiger partial charge in [0, 0.05) is 31.9 Å². The lowest BCUT2D eigenvalue weighted by Gasteiger charge is -2.34. The molecule has 170 valence electrons. The van der Waals surface area contributed by atoms with E-state index in [1.54, 1.807) is 11.6 Å². The molecule has 0 amide bonds. The maximum atomic E-state index is 14.2. The molecule has 0 aliphatic carbocycles. The molecule has 0 unspecified atom stereocenters. The van der Waals surface area contributed by atoms with E-state index in [1.165, 1.54) is 16.4 Å². The van der Waals surface area contributed by atoms with Gasteiger partial charge in [-0.25, -0.2) is 17.5 Å². The van der Waals surface area contributed by atoms with Gasteiger partial charge in [-0.3, -0.25) is 0 Å². The number of hydrogen-bond acceptors (Lipinski definition) is 7. The van der Waals surface area contributed by atoms with Crippen LogP contribution in [0.15, 0.2) is 41.3 Å². The van der Waals surface area contributed by atoms with Crippen LogP contribution in [0.4, 0.5) is 10.2 Å². The molecule has 0 N–H and O–H groups in total. The minimum absolute atomic E-state index is 0.0405. The summed E-state index contributed by atoms with van der Waals surface area (Å²) in [6.07, 6.45) is 0. The highest BCUT2D eigenvalue weighted by atomic mass is 32.2. The van der Waals surface area contributed by atoms with Crippen LogP contribution >= 0.6 is 0 Å². The normalized spacial score (nSPS) is 15.2. The van der Waals surface area contributed by atoms with Crippen molar-refractivity contribution in [3.8, 4) is 11.6 Å². The van der Waals surface area contributed by atoms with Crippen LogP contribution in [-0.2, 0) is 10.0 Å². The molecule has 0 atom stereocenters. The maximum Gasteiger partial charge on any atom is 0.243 e. The number of nitrogens with zero attached hydrogens (tertiary/aromatic N) is 6. The molecule has 0 spiro atoms. The minimum Gasteiger partial charge on any atom is -0.491 e. The summed E-state index contributed by atoms with van der Waals surface area (Å²) in [5, 5.41) is 13.0. The molecule has 3 heterocycles. The van der Waals surface area contributed by atoms with Crippen LogP contribution in [-0.4, -0.2) is 65.5 Å². The van der Waals surface area contributed by atoms with Crippen molar-refractivity contribution < 1.29 is 17.5 Å². The molecule has 3 aromatic rings. The molecule has 32 heavy (non-hydrogen) atoms. The number of rotatable bonds is 6. The van der Waals surface area contributed by atoms with Gasteiger partial charge in [0.05, 0.1) is 17.2 Å². The number of aromatic nitrogens is 4. The lowest BCUT2D eigenvalue weighted by atomic mass is 10.3. The zero-order valence-electron chi connectivity index (χ0n) is 18.2. The average Bonchev–Trinajstić information content (AvgIpc) is 3.13. The molecule has 1 saturated heterocycles. The van der Waals surface area contributed by atoms with Gasteiger partial charge in [-0.15, -0.1) is 10.2 Å². The maximum absolute atomic E-state index is 14.2. The van der Waals surface area contributed by atoms with Crippen molar-refractivity contribution in [1.29, 1.82) is 0 Å². The molecule has 1 aromatic carbocycles. The zero-order valence-corrected chi connectivity index (χ0v) is 19.0. The van der Waals surface area contributed by atoms with Crippen molar-refractivity contribution in [3.05, 3.63) is 53.6 Å². The van der Waals surface area contributed by atoms with E-state index in [9.17, 15) is 12.8 Å². The predicted molar refractivity (Wildman–Crippen MR) is 117 cm³/mol. The van der Waals surface area contributed by atoms with Gasteiger partial charge in [-0.2, -0.15) is 9.40 Å². The highest BCUT2D eigenvalue weighted by Crippen LogP contribution is 2.25. The fraction of sp³-hybridized carbons (Fsp3) is 0.381. The van der Waals surface area contributed by atoms with Gasteiger partial charge < -0.3 is 9.64 Å². The Bertz CT molecular complexity index is 1200. The van der Waals surface area contributed by atoms with Crippen molar-refractivity contribution in [2.45, 2.75) is 25.7 Å². The third kappa shape index (κ3) is 4.30. The first-order valence-electron chi connectivity index (χ1n) is 10.3. The predicted octanol–water partition coefficient (Wildman–Crippen LogP) is 2.33. The second-order valence-electron chi connectivity index (χ2n) is 7.51. The van der Waals surface area contributed by atoms with E-state index in [4.69, 9.17) is 4.74 Å². The number of aryl methyl sites for hydroxylation is 2. The highest BCUT2D eigenvalue weighted by Gasteiger charge is 2.29. The molecular formula is C21H25FN6O3S. The van der Waals surface area contributed by atoms with E-state index >= 15 is 0 Å². The van der Waals surface area contributed by atoms with Crippen LogP contribution in [0.1, 0.15) is 18.3 Å². The second-order valence-corrected chi connectivity index (χ2v) is 9.44. The standard InChI is InChI=1S/C21H25FN6O3S/c1-4-31-19-6-5-17(14-18(19)22)32(29,30)27-11-9-26(10-12-27)20-7-8-21(24-23-20)28-16(3)13-15(2)25-28/h5-8,13-14H,4,9-12H2,1-3H3. The number of anilines is 1. The minimum atomic E-state index is -3.80. The number of ether oxygens (including phenoxy) is 1. The van der Waals surface area contributed by atoms with E-state index in [0.29, 0.717) is 31.3 Å². The topological polar surface area (TPSA) is 93.5 Å². The Kier molecular flexibility index (Phi) is 6.11. The molecule has 0 bridgehead atoms. The Morgan fingerprint density at radius 2 is 1.69 bits per heavy atom. The summed E-state index contributed by atoms with van der Waals surface area (Å²) in [6, 6.07) is 9.39. The van der Waals surface area contributed by atoms with Gasteiger partial charge in [-0.05, 0) is 57.2 Å². The summed E-state index contributed by atoms with van der Waals surface area (Å²) in [5.41, 5.74) is 1.87. The molecule has 2 aromatic heterocycles. The van der Waals surface area contributed by atoms with Gasteiger partial charge in [-0.1, -0.05) is 0 Å². The number of hydrogen-bond donors (Lipinski definition) is 0.